The number of furan rings is 1. The molecule has 0 bridgehead atoms. The molecule has 0 radical (unpaired) electrons. The van der Waals surface area contributed by atoms with Crippen molar-refractivity contribution in [3.05, 3.63) is 53.3 Å². The van der Waals surface area contributed by atoms with E-state index in [4.69, 9.17) is 9.52 Å². The van der Waals surface area contributed by atoms with Crippen molar-refractivity contribution in [2.24, 2.45) is 0 Å². The maximum absolute atomic E-state index is 11.4. The van der Waals surface area contributed by atoms with E-state index in [1.54, 1.807) is 24.3 Å². The Morgan fingerprint density at radius 2 is 2.10 bits per heavy atom. The van der Waals surface area contributed by atoms with Crippen LogP contribution < -0.4 is 0 Å². The third-order valence-electron chi connectivity index (χ3n) is 2.52. The van der Waals surface area contributed by atoms with E-state index >= 15 is 0 Å². The molecule has 1 heterocycles. The highest BCUT2D eigenvalue weighted by Gasteiger charge is 2.10. The maximum Gasteiger partial charge on any atom is 0.371 e. The highest BCUT2D eigenvalue weighted by Crippen LogP contribution is 2.25. The van der Waals surface area contributed by atoms with E-state index in [1.807, 2.05) is 6.07 Å². The number of methoxy groups -OCH3 is 1. The first kappa shape index (κ1) is 14.2. The van der Waals surface area contributed by atoms with Crippen molar-refractivity contribution in [1.29, 1.82) is 0 Å². The van der Waals surface area contributed by atoms with E-state index in [0.717, 1.165) is 5.56 Å². The minimum atomic E-state index is -1.09. The second-order valence-corrected chi connectivity index (χ2v) is 4.88. The first-order chi connectivity index (χ1) is 9.60. The van der Waals surface area contributed by atoms with Gasteiger partial charge in [-0.25, -0.2) is 9.59 Å². The number of esters is 1. The summed E-state index contributed by atoms with van der Waals surface area (Å²) in [5.74, 6) is -0.999. The van der Waals surface area contributed by atoms with Gasteiger partial charge in [0.2, 0.25) is 5.76 Å². The predicted octanol–water partition coefficient (Wildman–Crippen LogP) is 3.06. The zero-order valence-corrected chi connectivity index (χ0v) is 11.5. The molecule has 2 rings (SSSR count). The third kappa shape index (κ3) is 3.42. The van der Waals surface area contributed by atoms with Crippen LogP contribution in [0.2, 0.25) is 0 Å². The van der Waals surface area contributed by atoms with Crippen LogP contribution in [0.15, 0.2) is 45.9 Å². The molecule has 0 spiro atoms. The van der Waals surface area contributed by atoms with Gasteiger partial charge in [0.25, 0.3) is 0 Å². The molecule has 104 valence electrons. The Morgan fingerprint density at radius 1 is 1.30 bits per heavy atom. The summed E-state index contributed by atoms with van der Waals surface area (Å²) < 4.78 is 9.79. The van der Waals surface area contributed by atoms with E-state index in [-0.39, 0.29) is 11.7 Å². The SMILES string of the molecule is COC(=O)c1cccc(CSc2ccc(C(=O)O)o2)c1. The zero-order valence-electron chi connectivity index (χ0n) is 10.7. The van der Waals surface area contributed by atoms with Crippen molar-refractivity contribution in [3.8, 4) is 0 Å². The van der Waals surface area contributed by atoms with Gasteiger partial charge in [0, 0.05) is 5.75 Å². The first-order valence-electron chi connectivity index (χ1n) is 5.73. The fourth-order valence-electron chi connectivity index (χ4n) is 1.57. The largest absolute Gasteiger partial charge is 0.475 e. The Morgan fingerprint density at radius 3 is 2.75 bits per heavy atom. The number of carboxylic acids is 1. The van der Waals surface area contributed by atoms with Crippen molar-refractivity contribution in [1.82, 2.24) is 0 Å². The molecule has 0 aliphatic rings. The molecule has 5 nitrogen and oxygen atoms in total. The number of hydrogen-bond acceptors (Lipinski definition) is 5. The lowest BCUT2D eigenvalue weighted by Gasteiger charge is -2.03. The first-order valence-corrected chi connectivity index (χ1v) is 6.72. The quantitative estimate of drug-likeness (QED) is 0.674. The predicted molar refractivity (Wildman–Crippen MR) is 73.0 cm³/mol. The molecule has 6 heteroatoms. The van der Waals surface area contributed by atoms with Crippen molar-refractivity contribution in [3.63, 3.8) is 0 Å². The average molecular weight is 292 g/mol. The van der Waals surface area contributed by atoms with Crippen LogP contribution in [0.5, 0.6) is 0 Å². The lowest BCUT2D eigenvalue weighted by atomic mass is 10.1. The van der Waals surface area contributed by atoms with Gasteiger partial charge in [-0.05, 0) is 29.8 Å². The number of carboxylic acid groups (broad SMARTS) is 1. The van der Waals surface area contributed by atoms with Gasteiger partial charge >= 0.3 is 11.9 Å². The van der Waals surface area contributed by atoms with Gasteiger partial charge in [-0.1, -0.05) is 23.9 Å². The average Bonchev–Trinajstić information content (AvgIpc) is 2.93. The molecule has 0 atom stereocenters. The van der Waals surface area contributed by atoms with E-state index in [0.29, 0.717) is 16.4 Å². The summed E-state index contributed by atoms with van der Waals surface area (Å²) in [5, 5.41) is 9.27. The monoisotopic (exact) mass is 292 g/mol. The number of benzene rings is 1. The number of ether oxygens (including phenoxy) is 1. The van der Waals surface area contributed by atoms with E-state index < -0.39 is 5.97 Å². The van der Waals surface area contributed by atoms with Crippen molar-refractivity contribution < 1.29 is 23.8 Å². The minimum absolute atomic E-state index is 0.0872. The standard InChI is InChI=1S/C14H12O5S/c1-18-14(17)10-4-2-3-9(7-10)8-20-12-6-5-11(19-12)13(15)16/h2-7H,8H2,1H3,(H,15,16). The van der Waals surface area contributed by atoms with Gasteiger partial charge in [-0.15, -0.1) is 0 Å². The van der Waals surface area contributed by atoms with Crippen LogP contribution in [0, 0.1) is 0 Å². The number of aromatic carboxylic acids is 1. The Kier molecular flexibility index (Phi) is 4.47. The molecule has 0 aliphatic carbocycles. The minimum Gasteiger partial charge on any atom is -0.475 e. The van der Waals surface area contributed by atoms with Crippen LogP contribution in [-0.4, -0.2) is 24.2 Å². The van der Waals surface area contributed by atoms with Crippen molar-refractivity contribution in [2.45, 2.75) is 10.8 Å². The smallest absolute Gasteiger partial charge is 0.371 e. The molecular weight excluding hydrogens is 280 g/mol. The van der Waals surface area contributed by atoms with Crippen LogP contribution in [0.4, 0.5) is 0 Å². The fourth-order valence-corrected chi connectivity index (χ4v) is 2.37. The Bertz CT molecular complexity index is 632. The number of thioether (sulfide) groups is 1. The van der Waals surface area contributed by atoms with Crippen molar-refractivity contribution >= 4 is 23.7 Å². The molecule has 2 aromatic rings. The Labute approximate surface area is 119 Å². The van der Waals surface area contributed by atoms with Gasteiger partial charge in [-0.2, -0.15) is 0 Å². The molecule has 0 saturated heterocycles. The van der Waals surface area contributed by atoms with E-state index in [2.05, 4.69) is 4.74 Å². The van der Waals surface area contributed by atoms with Gasteiger partial charge in [-0.3, -0.25) is 0 Å². The molecule has 0 amide bonds. The van der Waals surface area contributed by atoms with Gasteiger partial charge < -0.3 is 14.3 Å². The Hall–Kier alpha value is -2.21. The van der Waals surface area contributed by atoms with Gasteiger partial charge in [0.1, 0.15) is 0 Å². The highest BCUT2D eigenvalue weighted by atomic mass is 32.2. The number of carbonyl (C=O) groups excluding carboxylic acids is 1. The normalized spacial score (nSPS) is 10.2. The summed E-state index contributed by atoms with van der Waals surface area (Å²) >= 11 is 1.36. The molecular formula is C14H12O5S. The summed E-state index contributed by atoms with van der Waals surface area (Å²) in [5.41, 5.74) is 1.41. The summed E-state index contributed by atoms with van der Waals surface area (Å²) in [4.78, 5) is 22.1. The second-order valence-electron chi connectivity index (χ2n) is 3.90. The van der Waals surface area contributed by atoms with E-state index in [9.17, 15) is 9.59 Å². The number of hydrogen-bond donors (Lipinski definition) is 1. The highest BCUT2D eigenvalue weighted by molar-refractivity contribution is 7.98. The molecule has 20 heavy (non-hydrogen) atoms. The molecule has 0 fully saturated rings. The van der Waals surface area contributed by atoms with Crippen LogP contribution >= 0.6 is 11.8 Å². The molecule has 0 unspecified atom stereocenters. The molecule has 0 aliphatic heterocycles. The lowest BCUT2D eigenvalue weighted by molar-refractivity contribution is 0.0599. The molecule has 0 saturated carbocycles. The van der Waals surface area contributed by atoms with Crippen LogP contribution in [0.3, 0.4) is 0 Å². The summed E-state index contributed by atoms with van der Waals surface area (Å²) in [6.07, 6.45) is 0. The summed E-state index contributed by atoms with van der Waals surface area (Å²) in [6, 6.07) is 10.1. The topological polar surface area (TPSA) is 76.7 Å². The van der Waals surface area contributed by atoms with Crippen molar-refractivity contribution in [2.75, 3.05) is 7.11 Å². The van der Waals surface area contributed by atoms with Crippen LogP contribution in [0.1, 0.15) is 26.5 Å². The summed E-state index contributed by atoms with van der Waals surface area (Å²) in [6.45, 7) is 0. The molecule has 1 aromatic carbocycles. The zero-order chi connectivity index (χ0) is 14.5. The fraction of sp³-hybridized carbons (Fsp3) is 0.143. The summed E-state index contributed by atoms with van der Waals surface area (Å²) in [7, 11) is 1.33. The van der Waals surface area contributed by atoms with Gasteiger partial charge in [0.15, 0.2) is 5.09 Å². The number of rotatable bonds is 5. The second kappa shape index (κ2) is 6.29. The third-order valence-corrected chi connectivity index (χ3v) is 3.50. The maximum atomic E-state index is 11.4. The number of carbonyl (C=O) groups is 2. The van der Waals surface area contributed by atoms with Crippen LogP contribution in [-0.2, 0) is 10.5 Å². The lowest BCUT2D eigenvalue weighted by Crippen LogP contribution is -2.01. The Balaban J connectivity index is 2.03. The van der Waals surface area contributed by atoms with Gasteiger partial charge in [0.05, 0.1) is 12.7 Å². The van der Waals surface area contributed by atoms with Crippen LogP contribution in [0.25, 0.3) is 0 Å². The van der Waals surface area contributed by atoms with E-state index in [1.165, 1.54) is 24.9 Å². The molecule has 1 aromatic heterocycles. The molecule has 1 N–H and O–H groups in total.